The second-order valence-electron chi connectivity index (χ2n) is 5.81. The van der Waals surface area contributed by atoms with Crippen LogP contribution in [0.1, 0.15) is 32.0 Å². The molecule has 102 valence electrons. The van der Waals surface area contributed by atoms with Crippen molar-refractivity contribution in [1.82, 2.24) is 10.2 Å². The lowest BCUT2D eigenvalue weighted by atomic mass is 10.1. The highest BCUT2D eigenvalue weighted by Gasteiger charge is 2.42. The van der Waals surface area contributed by atoms with Gasteiger partial charge in [0.05, 0.1) is 6.04 Å². The van der Waals surface area contributed by atoms with Crippen LogP contribution >= 0.6 is 11.6 Å². The lowest BCUT2D eigenvalue weighted by Crippen LogP contribution is -2.32. The fourth-order valence-corrected chi connectivity index (χ4v) is 3.03. The molecule has 0 aromatic heterocycles. The third-order valence-electron chi connectivity index (χ3n) is 4.24. The minimum atomic E-state index is -0.113. The molecule has 1 heterocycles. The molecule has 4 heteroatoms. The number of amides is 1. The van der Waals surface area contributed by atoms with Gasteiger partial charge in [-0.15, -0.1) is 0 Å². The van der Waals surface area contributed by atoms with Crippen molar-refractivity contribution in [1.29, 1.82) is 0 Å². The molecule has 1 aliphatic heterocycles. The normalized spacial score (nSPS) is 33.8. The van der Waals surface area contributed by atoms with Crippen LogP contribution in [0.5, 0.6) is 0 Å². The third-order valence-corrected chi connectivity index (χ3v) is 4.48. The minimum absolute atomic E-state index is 0.0333. The van der Waals surface area contributed by atoms with Crippen molar-refractivity contribution in [3.05, 3.63) is 34.9 Å². The molecule has 1 aromatic rings. The Bertz CT molecular complexity index is 505. The van der Waals surface area contributed by atoms with Crippen molar-refractivity contribution < 1.29 is 4.79 Å². The molecule has 2 fully saturated rings. The standard InChI is InChI=1S/C15H19ClN2O/c1-9-6-12(9)8-18-14(17-10(2)15(18)19)11-4-3-5-13(16)7-11/h3-5,7,9-10,12,14,17H,6,8H2,1-2H3. The van der Waals surface area contributed by atoms with Crippen LogP contribution in [0.4, 0.5) is 0 Å². The third kappa shape index (κ3) is 2.49. The van der Waals surface area contributed by atoms with Gasteiger partial charge in [-0.1, -0.05) is 30.7 Å². The number of hydrogen-bond acceptors (Lipinski definition) is 2. The molecule has 1 saturated heterocycles. The number of nitrogens with zero attached hydrogens (tertiary/aromatic N) is 1. The largest absolute Gasteiger partial charge is 0.321 e. The lowest BCUT2D eigenvalue weighted by Gasteiger charge is -2.25. The van der Waals surface area contributed by atoms with E-state index in [9.17, 15) is 4.79 Å². The Kier molecular flexibility index (Phi) is 3.27. The molecule has 1 saturated carbocycles. The van der Waals surface area contributed by atoms with E-state index >= 15 is 0 Å². The van der Waals surface area contributed by atoms with Gasteiger partial charge >= 0.3 is 0 Å². The van der Waals surface area contributed by atoms with Crippen LogP contribution in [0, 0.1) is 11.8 Å². The topological polar surface area (TPSA) is 32.3 Å². The summed E-state index contributed by atoms with van der Waals surface area (Å²) in [5.41, 5.74) is 1.07. The number of nitrogens with one attached hydrogen (secondary N) is 1. The average Bonchev–Trinajstić information content (AvgIpc) is 3.00. The number of carbonyl (C=O) groups excluding carboxylic acids is 1. The Balaban J connectivity index is 1.83. The number of hydrogen-bond donors (Lipinski definition) is 1. The molecule has 2 aliphatic rings. The van der Waals surface area contributed by atoms with Crippen molar-refractivity contribution >= 4 is 17.5 Å². The monoisotopic (exact) mass is 278 g/mol. The molecule has 3 rings (SSSR count). The first kappa shape index (κ1) is 12.9. The zero-order chi connectivity index (χ0) is 13.6. The van der Waals surface area contributed by atoms with Crippen LogP contribution in [-0.4, -0.2) is 23.4 Å². The Morgan fingerprint density at radius 3 is 2.79 bits per heavy atom. The Morgan fingerprint density at radius 2 is 2.16 bits per heavy atom. The predicted molar refractivity (Wildman–Crippen MR) is 75.8 cm³/mol. The van der Waals surface area contributed by atoms with E-state index in [4.69, 9.17) is 11.6 Å². The van der Waals surface area contributed by atoms with E-state index in [0.29, 0.717) is 10.9 Å². The van der Waals surface area contributed by atoms with E-state index in [1.807, 2.05) is 36.1 Å². The first-order valence-corrected chi connectivity index (χ1v) is 7.26. The molecule has 1 amide bonds. The smallest absolute Gasteiger partial charge is 0.241 e. The molecule has 4 atom stereocenters. The Morgan fingerprint density at radius 1 is 1.42 bits per heavy atom. The molecule has 4 unspecified atom stereocenters. The summed E-state index contributed by atoms with van der Waals surface area (Å²) in [7, 11) is 0. The Hall–Kier alpha value is -1.06. The van der Waals surface area contributed by atoms with Gasteiger partial charge in [0, 0.05) is 11.6 Å². The summed E-state index contributed by atoms with van der Waals surface area (Å²) in [6.07, 6.45) is 1.20. The van der Waals surface area contributed by atoms with Crippen molar-refractivity contribution in [3.63, 3.8) is 0 Å². The van der Waals surface area contributed by atoms with Gasteiger partial charge in [0.25, 0.3) is 0 Å². The van der Waals surface area contributed by atoms with Crippen molar-refractivity contribution in [2.75, 3.05) is 6.54 Å². The summed E-state index contributed by atoms with van der Waals surface area (Å²) in [6, 6.07) is 7.65. The Labute approximate surface area is 118 Å². The lowest BCUT2D eigenvalue weighted by molar-refractivity contribution is -0.130. The van der Waals surface area contributed by atoms with Gasteiger partial charge in [0.15, 0.2) is 0 Å². The summed E-state index contributed by atoms with van der Waals surface area (Å²) in [5, 5.41) is 4.08. The SMILES string of the molecule is CC1NC(c2cccc(Cl)c2)N(CC2CC2C)C1=O. The summed E-state index contributed by atoms with van der Waals surface area (Å²) in [5.74, 6) is 1.62. The fraction of sp³-hybridized carbons (Fsp3) is 0.533. The number of rotatable bonds is 3. The zero-order valence-electron chi connectivity index (χ0n) is 11.3. The van der Waals surface area contributed by atoms with E-state index in [-0.39, 0.29) is 18.1 Å². The summed E-state index contributed by atoms with van der Waals surface area (Å²) >= 11 is 6.05. The van der Waals surface area contributed by atoms with Gasteiger partial charge in [-0.3, -0.25) is 10.1 Å². The molecule has 0 spiro atoms. The van der Waals surface area contributed by atoms with E-state index in [2.05, 4.69) is 12.2 Å². The van der Waals surface area contributed by atoms with E-state index in [0.717, 1.165) is 18.0 Å². The predicted octanol–water partition coefficient (Wildman–Crippen LogP) is 2.81. The first-order chi connectivity index (χ1) is 9.06. The van der Waals surface area contributed by atoms with Gasteiger partial charge < -0.3 is 4.90 Å². The van der Waals surface area contributed by atoms with Crippen LogP contribution in [0.15, 0.2) is 24.3 Å². The maximum Gasteiger partial charge on any atom is 0.241 e. The summed E-state index contributed by atoms with van der Waals surface area (Å²) in [6.45, 7) is 5.03. The molecular formula is C15H19ClN2O. The summed E-state index contributed by atoms with van der Waals surface area (Å²) in [4.78, 5) is 14.3. The maximum absolute atomic E-state index is 12.3. The van der Waals surface area contributed by atoms with Gasteiger partial charge in [-0.2, -0.15) is 0 Å². The van der Waals surface area contributed by atoms with Gasteiger partial charge in [-0.25, -0.2) is 0 Å². The van der Waals surface area contributed by atoms with Crippen LogP contribution in [-0.2, 0) is 4.79 Å². The van der Waals surface area contributed by atoms with Crippen molar-refractivity contribution in [2.24, 2.45) is 11.8 Å². The molecule has 1 N–H and O–H groups in total. The highest BCUT2D eigenvalue weighted by atomic mass is 35.5. The number of halogens is 1. The van der Waals surface area contributed by atoms with Crippen LogP contribution in [0.25, 0.3) is 0 Å². The second-order valence-corrected chi connectivity index (χ2v) is 6.25. The van der Waals surface area contributed by atoms with Gasteiger partial charge in [-0.05, 0) is 42.9 Å². The quantitative estimate of drug-likeness (QED) is 0.922. The molecule has 1 aliphatic carbocycles. The summed E-state index contributed by atoms with van der Waals surface area (Å²) < 4.78 is 0. The van der Waals surface area contributed by atoms with E-state index in [1.54, 1.807) is 0 Å². The fourth-order valence-electron chi connectivity index (χ4n) is 2.83. The first-order valence-electron chi connectivity index (χ1n) is 6.88. The molecule has 3 nitrogen and oxygen atoms in total. The van der Waals surface area contributed by atoms with Gasteiger partial charge in [0.2, 0.25) is 5.91 Å². The zero-order valence-corrected chi connectivity index (χ0v) is 12.0. The van der Waals surface area contributed by atoms with Crippen LogP contribution in [0.3, 0.4) is 0 Å². The number of benzene rings is 1. The van der Waals surface area contributed by atoms with E-state index < -0.39 is 0 Å². The highest BCUT2D eigenvalue weighted by molar-refractivity contribution is 6.30. The molecule has 0 radical (unpaired) electrons. The molecular weight excluding hydrogens is 260 g/mol. The van der Waals surface area contributed by atoms with Crippen LogP contribution in [0.2, 0.25) is 5.02 Å². The number of carbonyl (C=O) groups is 1. The van der Waals surface area contributed by atoms with E-state index in [1.165, 1.54) is 6.42 Å². The van der Waals surface area contributed by atoms with Crippen molar-refractivity contribution in [2.45, 2.75) is 32.5 Å². The second kappa shape index (κ2) is 4.80. The minimum Gasteiger partial charge on any atom is -0.321 e. The highest BCUT2D eigenvalue weighted by Crippen LogP contribution is 2.40. The molecule has 19 heavy (non-hydrogen) atoms. The van der Waals surface area contributed by atoms with Crippen LogP contribution < -0.4 is 5.32 Å². The average molecular weight is 279 g/mol. The molecule has 1 aromatic carbocycles. The van der Waals surface area contributed by atoms with Crippen molar-refractivity contribution in [3.8, 4) is 0 Å². The maximum atomic E-state index is 12.3. The molecule has 0 bridgehead atoms. The van der Waals surface area contributed by atoms with Gasteiger partial charge in [0.1, 0.15) is 6.17 Å².